The summed E-state index contributed by atoms with van der Waals surface area (Å²) in [7, 11) is 3.32. The number of ether oxygens (including phenoxy) is 1. The molecule has 0 fully saturated rings. The molecule has 2 aromatic rings. The number of halogens is 4. The molecule has 0 atom stereocenters. The van der Waals surface area contributed by atoms with Crippen LogP contribution < -0.4 is 10.1 Å². The van der Waals surface area contributed by atoms with Gasteiger partial charge in [-0.15, -0.1) is 0 Å². The molecule has 0 unspecified atom stereocenters. The summed E-state index contributed by atoms with van der Waals surface area (Å²) in [6.45, 7) is 4.22. The van der Waals surface area contributed by atoms with Gasteiger partial charge in [-0.05, 0) is 49.7 Å². The van der Waals surface area contributed by atoms with Crippen molar-refractivity contribution >= 4 is 23.2 Å². The fourth-order valence-corrected chi connectivity index (χ4v) is 3.35. The topological polar surface area (TPSA) is 41.6 Å². The van der Waals surface area contributed by atoms with E-state index in [9.17, 15) is 18.0 Å². The number of aryl methyl sites for hydroxylation is 2. The number of methoxy groups -OCH3 is 1. The second-order valence-corrected chi connectivity index (χ2v) is 7.05. The van der Waals surface area contributed by atoms with Gasteiger partial charge in [0, 0.05) is 6.54 Å². The standard InChI is InChI=1S/C20H22ClF3N2O2/c1-12-8-14(9-13(2)19(12)28-4)10-26(3)11-17(27)25-18-15(20(22,23)24)6-5-7-16(18)21/h5-9H,10-11H2,1-4H3,(H,25,27). The van der Waals surface area contributed by atoms with Crippen LogP contribution in [-0.2, 0) is 17.5 Å². The minimum absolute atomic E-state index is 0.0906. The third-order valence-electron chi connectivity index (χ3n) is 4.17. The van der Waals surface area contributed by atoms with Gasteiger partial charge in [0.15, 0.2) is 0 Å². The Hall–Kier alpha value is -2.25. The molecule has 0 radical (unpaired) electrons. The Morgan fingerprint density at radius 2 is 1.82 bits per heavy atom. The lowest BCUT2D eigenvalue weighted by atomic mass is 10.1. The van der Waals surface area contributed by atoms with Gasteiger partial charge in [0.1, 0.15) is 5.75 Å². The van der Waals surface area contributed by atoms with Crippen LogP contribution in [0.1, 0.15) is 22.3 Å². The molecule has 0 aromatic heterocycles. The smallest absolute Gasteiger partial charge is 0.418 e. The van der Waals surface area contributed by atoms with E-state index in [2.05, 4.69) is 5.32 Å². The predicted octanol–water partition coefficient (Wildman–Crippen LogP) is 5.05. The third kappa shape index (κ3) is 5.39. The summed E-state index contributed by atoms with van der Waals surface area (Å²) in [6.07, 6.45) is -4.61. The molecule has 0 spiro atoms. The second-order valence-electron chi connectivity index (χ2n) is 6.64. The van der Waals surface area contributed by atoms with Crippen LogP contribution in [0.2, 0.25) is 5.02 Å². The number of amides is 1. The molecule has 1 N–H and O–H groups in total. The molecule has 0 aliphatic carbocycles. The van der Waals surface area contributed by atoms with Gasteiger partial charge in [-0.3, -0.25) is 9.69 Å². The minimum atomic E-state index is -4.61. The van der Waals surface area contributed by atoms with Crippen molar-refractivity contribution in [3.63, 3.8) is 0 Å². The van der Waals surface area contributed by atoms with E-state index in [-0.39, 0.29) is 11.6 Å². The molecule has 4 nitrogen and oxygen atoms in total. The largest absolute Gasteiger partial charge is 0.496 e. The van der Waals surface area contributed by atoms with Crippen molar-refractivity contribution in [2.45, 2.75) is 26.6 Å². The lowest BCUT2D eigenvalue weighted by molar-refractivity contribution is -0.137. The van der Waals surface area contributed by atoms with Crippen LogP contribution in [0.15, 0.2) is 30.3 Å². The number of nitrogens with one attached hydrogen (secondary N) is 1. The Bertz CT molecular complexity index is 846. The van der Waals surface area contributed by atoms with Gasteiger partial charge >= 0.3 is 6.18 Å². The molecule has 0 heterocycles. The zero-order valence-corrected chi connectivity index (χ0v) is 16.8. The summed E-state index contributed by atoms with van der Waals surface area (Å²) in [5, 5.41) is 2.13. The molecule has 28 heavy (non-hydrogen) atoms. The molecule has 152 valence electrons. The Labute approximate surface area is 167 Å². The lowest BCUT2D eigenvalue weighted by Gasteiger charge is -2.20. The minimum Gasteiger partial charge on any atom is -0.496 e. The van der Waals surface area contributed by atoms with Gasteiger partial charge < -0.3 is 10.1 Å². The van der Waals surface area contributed by atoms with Gasteiger partial charge in [0.25, 0.3) is 0 Å². The van der Waals surface area contributed by atoms with Crippen LogP contribution in [-0.4, -0.2) is 31.5 Å². The van der Waals surface area contributed by atoms with E-state index in [1.807, 2.05) is 26.0 Å². The fourth-order valence-electron chi connectivity index (χ4n) is 3.13. The van der Waals surface area contributed by atoms with E-state index in [0.717, 1.165) is 28.5 Å². The SMILES string of the molecule is COc1c(C)cc(CN(C)CC(=O)Nc2c(Cl)cccc2C(F)(F)F)cc1C. The zero-order chi connectivity index (χ0) is 21.1. The number of benzene rings is 2. The molecule has 0 aliphatic rings. The van der Waals surface area contributed by atoms with Crippen molar-refractivity contribution in [1.82, 2.24) is 4.90 Å². The molecule has 0 bridgehead atoms. The van der Waals surface area contributed by atoms with E-state index in [1.54, 1.807) is 19.1 Å². The van der Waals surface area contributed by atoms with Crippen LogP contribution in [0.5, 0.6) is 5.75 Å². The second kappa shape index (κ2) is 8.84. The molecule has 8 heteroatoms. The molecular formula is C20H22ClF3N2O2. The highest BCUT2D eigenvalue weighted by atomic mass is 35.5. The number of anilines is 1. The van der Waals surface area contributed by atoms with Crippen molar-refractivity contribution < 1.29 is 22.7 Å². The average molecular weight is 415 g/mol. The van der Waals surface area contributed by atoms with Crippen LogP contribution in [0.4, 0.5) is 18.9 Å². The number of alkyl halides is 3. The van der Waals surface area contributed by atoms with Crippen molar-refractivity contribution in [2.75, 3.05) is 26.0 Å². The summed E-state index contributed by atoms with van der Waals surface area (Å²) in [6, 6.07) is 7.29. The molecule has 0 aliphatic heterocycles. The van der Waals surface area contributed by atoms with Gasteiger partial charge in [0.05, 0.1) is 29.9 Å². The maximum absolute atomic E-state index is 13.1. The summed E-state index contributed by atoms with van der Waals surface area (Å²) >= 11 is 5.87. The number of likely N-dealkylation sites (N-methyl/N-ethyl adjacent to an activating group) is 1. The molecule has 0 saturated heterocycles. The number of carbonyl (C=O) groups excluding carboxylic acids is 1. The highest BCUT2D eigenvalue weighted by Gasteiger charge is 2.34. The maximum atomic E-state index is 13.1. The predicted molar refractivity (Wildman–Crippen MR) is 104 cm³/mol. The van der Waals surface area contributed by atoms with E-state index in [4.69, 9.17) is 16.3 Å². The summed E-state index contributed by atoms with van der Waals surface area (Å²) < 4.78 is 44.7. The van der Waals surface area contributed by atoms with Crippen molar-refractivity contribution in [3.8, 4) is 5.75 Å². The van der Waals surface area contributed by atoms with Gasteiger partial charge in [-0.1, -0.05) is 29.8 Å². The zero-order valence-electron chi connectivity index (χ0n) is 16.1. The van der Waals surface area contributed by atoms with Crippen LogP contribution >= 0.6 is 11.6 Å². The van der Waals surface area contributed by atoms with Gasteiger partial charge in [-0.2, -0.15) is 13.2 Å². The van der Waals surface area contributed by atoms with E-state index in [0.29, 0.717) is 6.54 Å². The van der Waals surface area contributed by atoms with Crippen LogP contribution in [0.25, 0.3) is 0 Å². The number of hydrogen-bond donors (Lipinski definition) is 1. The number of nitrogens with zero attached hydrogens (tertiary/aromatic N) is 1. The first-order chi connectivity index (χ1) is 13.0. The molecule has 2 aromatic carbocycles. The lowest BCUT2D eigenvalue weighted by Crippen LogP contribution is -2.30. The Kier molecular flexibility index (Phi) is 6.96. The van der Waals surface area contributed by atoms with Crippen molar-refractivity contribution in [3.05, 3.63) is 57.6 Å². The Balaban J connectivity index is 2.08. The highest BCUT2D eigenvalue weighted by Crippen LogP contribution is 2.38. The number of para-hydroxylation sites is 1. The molecule has 1 amide bonds. The molecule has 2 rings (SSSR count). The summed E-state index contributed by atoms with van der Waals surface area (Å²) in [5.41, 5.74) is 1.52. The van der Waals surface area contributed by atoms with Crippen molar-refractivity contribution in [2.24, 2.45) is 0 Å². The normalized spacial score (nSPS) is 11.6. The number of carbonyl (C=O) groups is 1. The van der Waals surface area contributed by atoms with E-state index < -0.39 is 23.3 Å². The molecule has 0 saturated carbocycles. The first-order valence-electron chi connectivity index (χ1n) is 8.51. The van der Waals surface area contributed by atoms with Crippen LogP contribution in [0.3, 0.4) is 0 Å². The highest BCUT2D eigenvalue weighted by molar-refractivity contribution is 6.34. The maximum Gasteiger partial charge on any atom is 0.418 e. The number of hydrogen-bond acceptors (Lipinski definition) is 3. The third-order valence-corrected chi connectivity index (χ3v) is 4.49. The van der Waals surface area contributed by atoms with Gasteiger partial charge in [0.2, 0.25) is 5.91 Å². The monoisotopic (exact) mass is 414 g/mol. The quantitative estimate of drug-likeness (QED) is 0.718. The Morgan fingerprint density at radius 1 is 1.21 bits per heavy atom. The first kappa shape index (κ1) is 22.0. The Morgan fingerprint density at radius 3 is 2.36 bits per heavy atom. The van der Waals surface area contributed by atoms with E-state index in [1.165, 1.54) is 12.1 Å². The van der Waals surface area contributed by atoms with Crippen LogP contribution in [0, 0.1) is 13.8 Å². The first-order valence-corrected chi connectivity index (χ1v) is 8.89. The number of rotatable bonds is 6. The van der Waals surface area contributed by atoms with Crippen molar-refractivity contribution in [1.29, 1.82) is 0 Å². The average Bonchev–Trinajstić information content (AvgIpc) is 2.55. The summed E-state index contributed by atoms with van der Waals surface area (Å²) in [4.78, 5) is 14.0. The summed E-state index contributed by atoms with van der Waals surface area (Å²) in [5.74, 6) is 0.227. The fraction of sp³-hybridized carbons (Fsp3) is 0.350. The molecular weight excluding hydrogens is 393 g/mol. The van der Waals surface area contributed by atoms with Gasteiger partial charge in [-0.25, -0.2) is 0 Å². The van der Waals surface area contributed by atoms with E-state index >= 15 is 0 Å².